The average Bonchev–Trinajstić information content (AvgIpc) is 2.07. The maximum Gasteiger partial charge on any atom is 0.0603 e. The Morgan fingerprint density at radius 3 is 2.64 bits per heavy atom. The fourth-order valence-corrected chi connectivity index (χ4v) is 1.67. The van der Waals surface area contributed by atoms with Crippen LogP contribution in [-0.2, 0) is 0 Å². The minimum atomic E-state index is 0.512. The van der Waals surface area contributed by atoms with Gasteiger partial charge >= 0.3 is 0 Å². The van der Waals surface area contributed by atoms with Crippen LogP contribution in [0.25, 0.3) is 0 Å². The standard InChI is InChI=1S/C12H20N2/c1-9(2)8-10(3)14-12-6-5-7-13-11(12)4/h5-7,9-10,14H,8H2,1-4H3. The third-order valence-electron chi connectivity index (χ3n) is 2.23. The third-order valence-corrected chi connectivity index (χ3v) is 2.23. The van der Waals surface area contributed by atoms with Gasteiger partial charge in [0.25, 0.3) is 0 Å². The van der Waals surface area contributed by atoms with Crippen molar-refractivity contribution in [3.63, 3.8) is 0 Å². The Kier molecular flexibility index (Phi) is 3.93. The molecular formula is C12H20N2. The summed E-state index contributed by atoms with van der Waals surface area (Å²) >= 11 is 0. The van der Waals surface area contributed by atoms with Gasteiger partial charge in [0, 0.05) is 12.2 Å². The number of anilines is 1. The molecule has 1 N–H and O–H groups in total. The van der Waals surface area contributed by atoms with Gasteiger partial charge < -0.3 is 5.32 Å². The Bertz CT molecular complexity index is 281. The number of aryl methyl sites for hydroxylation is 1. The zero-order chi connectivity index (χ0) is 10.6. The van der Waals surface area contributed by atoms with E-state index in [0.29, 0.717) is 6.04 Å². The van der Waals surface area contributed by atoms with E-state index < -0.39 is 0 Å². The van der Waals surface area contributed by atoms with Crippen LogP contribution in [0.4, 0.5) is 5.69 Å². The molecule has 1 rings (SSSR count). The van der Waals surface area contributed by atoms with Crippen LogP contribution in [0.1, 0.15) is 32.9 Å². The van der Waals surface area contributed by atoms with Crippen molar-refractivity contribution >= 4 is 5.69 Å². The summed E-state index contributed by atoms with van der Waals surface area (Å²) in [4.78, 5) is 4.25. The molecule has 1 aromatic heterocycles. The number of aromatic nitrogens is 1. The molecule has 14 heavy (non-hydrogen) atoms. The molecule has 1 atom stereocenters. The van der Waals surface area contributed by atoms with Gasteiger partial charge in [0.2, 0.25) is 0 Å². The van der Waals surface area contributed by atoms with Gasteiger partial charge in [-0.3, -0.25) is 4.98 Å². The van der Waals surface area contributed by atoms with Crippen molar-refractivity contribution in [3.05, 3.63) is 24.0 Å². The molecule has 0 aliphatic carbocycles. The highest BCUT2D eigenvalue weighted by Gasteiger charge is 2.06. The first-order valence-corrected chi connectivity index (χ1v) is 5.27. The minimum absolute atomic E-state index is 0.512. The number of pyridine rings is 1. The Hall–Kier alpha value is -1.05. The molecular weight excluding hydrogens is 172 g/mol. The van der Waals surface area contributed by atoms with Crippen molar-refractivity contribution in [2.75, 3.05) is 5.32 Å². The van der Waals surface area contributed by atoms with Gasteiger partial charge in [0.1, 0.15) is 0 Å². The molecule has 0 saturated heterocycles. The highest BCUT2D eigenvalue weighted by Crippen LogP contribution is 2.14. The quantitative estimate of drug-likeness (QED) is 0.792. The molecule has 0 amide bonds. The van der Waals surface area contributed by atoms with E-state index in [-0.39, 0.29) is 0 Å². The van der Waals surface area contributed by atoms with Crippen LogP contribution in [0.15, 0.2) is 18.3 Å². The summed E-state index contributed by atoms with van der Waals surface area (Å²) in [7, 11) is 0. The molecule has 0 fully saturated rings. The minimum Gasteiger partial charge on any atom is -0.381 e. The van der Waals surface area contributed by atoms with E-state index in [2.05, 4.69) is 37.1 Å². The molecule has 1 heterocycles. The molecule has 0 aliphatic rings. The van der Waals surface area contributed by atoms with E-state index >= 15 is 0 Å². The fraction of sp³-hybridized carbons (Fsp3) is 0.583. The predicted octanol–water partition coefficient (Wildman–Crippen LogP) is 3.24. The van der Waals surface area contributed by atoms with Gasteiger partial charge in [-0.25, -0.2) is 0 Å². The molecule has 0 saturated carbocycles. The predicted molar refractivity (Wildman–Crippen MR) is 61.5 cm³/mol. The summed E-state index contributed by atoms with van der Waals surface area (Å²) in [6.07, 6.45) is 3.02. The molecule has 1 aromatic rings. The monoisotopic (exact) mass is 192 g/mol. The van der Waals surface area contributed by atoms with Gasteiger partial charge in [-0.2, -0.15) is 0 Å². The van der Waals surface area contributed by atoms with Crippen LogP contribution in [0.2, 0.25) is 0 Å². The summed E-state index contributed by atoms with van der Waals surface area (Å²) < 4.78 is 0. The van der Waals surface area contributed by atoms with Crippen LogP contribution < -0.4 is 5.32 Å². The summed E-state index contributed by atoms with van der Waals surface area (Å²) in [6, 6.07) is 4.56. The van der Waals surface area contributed by atoms with Crippen molar-refractivity contribution in [1.29, 1.82) is 0 Å². The number of nitrogens with zero attached hydrogens (tertiary/aromatic N) is 1. The van der Waals surface area contributed by atoms with Crippen molar-refractivity contribution in [1.82, 2.24) is 4.98 Å². The van der Waals surface area contributed by atoms with Crippen LogP contribution in [-0.4, -0.2) is 11.0 Å². The molecule has 0 aliphatic heterocycles. The second kappa shape index (κ2) is 4.99. The number of hydrogen-bond donors (Lipinski definition) is 1. The van der Waals surface area contributed by atoms with Crippen LogP contribution >= 0.6 is 0 Å². The second-order valence-corrected chi connectivity index (χ2v) is 4.31. The zero-order valence-corrected chi connectivity index (χ0v) is 9.54. The highest BCUT2D eigenvalue weighted by molar-refractivity contribution is 5.47. The van der Waals surface area contributed by atoms with Crippen molar-refractivity contribution < 1.29 is 0 Å². The van der Waals surface area contributed by atoms with Crippen molar-refractivity contribution in [2.24, 2.45) is 5.92 Å². The topological polar surface area (TPSA) is 24.9 Å². The summed E-state index contributed by atoms with van der Waals surface area (Å²) in [5.41, 5.74) is 2.23. The molecule has 0 aromatic carbocycles. The molecule has 2 heteroatoms. The maximum absolute atomic E-state index is 4.25. The summed E-state index contributed by atoms with van der Waals surface area (Å²) in [5, 5.41) is 3.48. The average molecular weight is 192 g/mol. The smallest absolute Gasteiger partial charge is 0.0603 e. The van der Waals surface area contributed by atoms with E-state index in [4.69, 9.17) is 0 Å². The van der Waals surface area contributed by atoms with Gasteiger partial charge in [0.05, 0.1) is 11.4 Å². The van der Waals surface area contributed by atoms with Crippen LogP contribution in [0, 0.1) is 12.8 Å². The molecule has 78 valence electrons. The normalized spacial score (nSPS) is 12.9. The van der Waals surface area contributed by atoms with Crippen LogP contribution in [0.5, 0.6) is 0 Å². The number of rotatable bonds is 4. The fourth-order valence-electron chi connectivity index (χ4n) is 1.67. The Labute approximate surface area is 86.8 Å². The summed E-state index contributed by atoms with van der Waals surface area (Å²) in [6.45, 7) is 8.74. The molecule has 2 nitrogen and oxygen atoms in total. The molecule has 0 spiro atoms. The zero-order valence-electron chi connectivity index (χ0n) is 9.54. The highest BCUT2D eigenvalue weighted by atomic mass is 14.9. The van der Waals surface area contributed by atoms with E-state index in [1.165, 1.54) is 6.42 Å². The maximum atomic E-state index is 4.25. The Morgan fingerprint density at radius 1 is 1.36 bits per heavy atom. The van der Waals surface area contributed by atoms with Gasteiger partial charge in [-0.15, -0.1) is 0 Å². The molecule has 0 radical (unpaired) electrons. The lowest BCUT2D eigenvalue weighted by atomic mass is 10.1. The molecule has 0 bridgehead atoms. The second-order valence-electron chi connectivity index (χ2n) is 4.31. The Balaban J connectivity index is 2.56. The lowest BCUT2D eigenvalue weighted by Crippen LogP contribution is -2.18. The van der Waals surface area contributed by atoms with Crippen molar-refractivity contribution in [2.45, 2.75) is 40.2 Å². The lowest BCUT2D eigenvalue weighted by molar-refractivity contribution is 0.539. The van der Waals surface area contributed by atoms with Gasteiger partial charge in [-0.1, -0.05) is 13.8 Å². The molecule has 1 unspecified atom stereocenters. The van der Waals surface area contributed by atoms with E-state index in [1.54, 1.807) is 0 Å². The first kappa shape index (κ1) is 11.0. The SMILES string of the molecule is Cc1ncccc1NC(C)CC(C)C. The van der Waals surface area contributed by atoms with E-state index in [1.807, 2.05) is 19.2 Å². The Morgan fingerprint density at radius 2 is 2.07 bits per heavy atom. The van der Waals surface area contributed by atoms with E-state index in [9.17, 15) is 0 Å². The largest absolute Gasteiger partial charge is 0.381 e. The van der Waals surface area contributed by atoms with E-state index in [0.717, 1.165) is 17.3 Å². The van der Waals surface area contributed by atoms with Crippen LogP contribution in [0.3, 0.4) is 0 Å². The van der Waals surface area contributed by atoms with Gasteiger partial charge in [-0.05, 0) is 38.3 Å². The lowest BCUT2D eigenvalue weighted by Gasteiger charge is -2.18. The van der Waals surface area contributed by atoms with Crippen molar-refractivity contribution in [3.8, 4) is 0 Å². The third kappa shape index (κ3) is 3.36. The first-order chi connectivity index (χ1) is 6.59. The summed E-state index contributed by atoms with van der Waals surface area (Å²) in [5.74, 6) is 0.731. The first-order valence-electron chi connectivity index (χ1n) is 5.27. The number of hydrogen-bond acceptors (Lipinski definition) is 2. The van der Waals surface area contributed by atoms with Gasteiger partial charge in [0.15, 0.2) is 0 Å². The number of nitrogens with one attached hydrogen (secondary N) is 1.